The van der Waals surface area contributed by atoms with E-state index in [1.165, 1.54) is 13.1 Å². The SMILES string of the molecule is CC(=O)O[C@@]12CO[C@@H]1CC[C@@]1(C)[C@@H]3O[C@H](CN4CCC4)O[C@@H]3C3=C(C)[C@@H](OC(=O)[C@H](O)[C@@H](NC(=O)OC(C)(C)C)c4cnco4)C[C@@](O)([C@@H](OC(=O)c4ccccc4)[C@@H]12)C3(C)C. The largest absolute Gasteiger partial charge is 0.456 e. The van der Waals surface area contributed by atoms with Gasteiger partial charge in [-0.15, -0.1) is 0 Å². The molecule has 3 saturated heterocycles. The van der Waals surface area contributed by atoms with Crippen LogP contribution >= 0.6 is 0 Å². The molecule has 3 aliphatic carbocycles. The average Bonchev–Trinajstić information content (AvgIpc) is 3.86. The maximum absolute atomic E-state index is 14.4. The second-order valence-corrected chi connectivity index (χ2v) is 19.5. The number of carbonyl (C=O) groups excluding carboxylic acids is 4. The molecule has 17 heteroatoms. The van der Waals surface area contributed by atoms with Crippen molar-refractivity contribution in [2.45, 2.75) is 147 Å². The van der Waals surface area contributed by atoms with E-state index in [-0.39, 0.29) is 24.4 Å². The van der Waals surface area contributed by atoms with Crippen LogP contribution in [0.1, 0.15) is 103 Å². The number of carbonyl (C=O) groups is 4. The van der Waals surface area contributed by atoms with E-state index in [1.54, 1.807) is 58.0 Å². The summed E-state index contributed by atoms with van der Waals surface area (Å²) in [6, 6.07) is 6.92. The maximum atomic E-state index is 14.4. The van der Waals surface area contributed by atoms with Crippen molar-refractivity contribution < 1.29 is 67.0 Å². The number of aliphatic hydroxyl groups excluding tert-OH is 1. The number of hydrogen-bond donors (Lipinski definition) is 3. The molecule has 17 nitrogen and oxygen atoms in total. The first-order valence-electron chi connectivity index (χ1n) is 21.5. The van der Waals surface area contributed by atoms with Crippen LogP contribution in [0.15, 0.2) is 58.5 Å². The van der Waals surface area contributed by atoms with E-state index in [0.717, 1.165) is 25.9 Å². The molecule has 2 bridgehead atoms. The molecule has 4 heterocycles. The Morgan fingerprint density at radius 3 is 2.39 bits per heavy atom. The molecular formula is C45H59N3O14. The van der Waals surface area contributed by atoms with Gasteiger partial charge in [0.1, 0.15) is 47.4 Å². The molecule has 0 unspecified atom stereocenters. The molecule has 3 aliphatic heterocycles. The lowest BCUT2D eigenvalue weighted by Gasteiger charge is -2.68. The van der Waals surface area contributed by atoms with Gasteiger partial charge in [-0.3, -0.25) is 9.69 Å². The minimum atomic E-state index is -2.07. The fourth-order valence-corrected chi connectivity index (χ4v) is 11.0. The lowest BCUT2D eigenvalue weighted by Crippen LogP contribution is -2.79. The van der Waals surface area contributed by atoms with Gasteiger partial charge in [0.15, 0.2) is 24.4 Å². The predicted octanol–water partition coefficient (Wildman–Crippen LogP) is 4.16. The van der Waals surface area contributed by atoms with Gasteiger partial charge in [-0.2, -0.15) is 0 Å². The van der Waals surface area contributed by atoms with Gasteiger partial charge in [0, 0.05) is 30.7 Å². The van der Waals surface area contributed by atoms with Gasteiger partial charge in [0.25, 0.3) is 0 Å². The monoisotopic (exact) mass is 865 g/mol. The molecule has 6 aliphatic rings. The van der Waals surface area contributed by atoms with Crippen molar-refractivity contribution in [2.75, 3.05) is 26.2 Å². The molecule has 62 heavy (non-hydrogen) atoms. The third-order valence-corrected chi connectivity index (χ3v) is 14.2. The number of oxazole rings is 1. The summed E-state index contributed by atoms with van der Waals surface area (Å²) in [5.74, 6) is -3.43. The lowest BCUT2D eigenvalue weighted by molar-refractivity contribution is -0.345. The van der Waals surface area contributed by atoms with E-state index in [9.17, 15) is 29.4 Å². The third kappa shape index (κ3) is 7.51. The van der Waals surface area contributed by atoms with E-state index in [2.05, 4.69) is 15.2 Å². The van der Waals surface area contributed by atoms with Gasteiger partial charge in [0.2, 0.25) is 0 Å². The number of ether oxygens (including phenoxy) is 7. The lowest BCUT2D eigenvalue weighted by atomic mass is 9.45. The van der Waals surface area contributed by atoms with Crippen molar-refractivity contribution in [1.29, 1.82) is 0 Å². The molecule has 0 radical (unpaired) electrons. The first-order chi connectivity index (χ1) is 29.2. The molecule has 12 atom stereocenters. The van der Waals surface area contributed by atoms with Crippen LogP contribution in [-0.4, -0.2) is 130 Å². The number of hydrogen-bond acceptors (Lipinski definition) is 16. The quantitative estimate of drug-likeness (QED) is 0.174. The van der Waals surface area contributed by atoms with Crippen LogP contribution in [0.2, 0.25) is 0 Å². The molecule has 2 saturated carbocycles. The van der Waals surface area contributed by atoms with E-state index in [4.69, 9.17) is 37.6 Å². The molecule has 0 spiro atoms. The standard InChI is InChI=1S/C45H59N3O14/c1-24-27(57-39(52)33(50)32(28-20-46-23-56-28)47-40(53)62-41(3,4)5)19-45(54)37(60-38(51)26-13-10-9-11-14-26)35-43(8,16-15-29-44(35,22-55-29)61-25(2)49)36-34(31(24)42(45,6)7)58-30(59-36)21-48-17-12-18-48/h9-11,13-14,20,23,27,29-30,32-37,50,54H,12,15-19,21-22H2,1-8H3,(H,47,53)/t27-,29+,30+,32-,33+,34+,35-,36+,37-,43+,44-,45+/m0/s1. The summed E-state index contributed by atoms with van der Waals surface area (Å²) in [6.07, 6.45) is -4.44. The minimum absolute atomic E-state index is 0.0249. The fourth-order valence-electron chi connectivity index (χ4n) is 11.0. The topological polar surface area (TPSA) is 215 Å². The molecular weight excluding hydrogens is 807 g/mol. The molecule has 8 rings (SSSR count). The Bertz CT molecular complexity index is 2070. The van der Waals surface area contributed by atoms with Gasteiger partial charge in [-0.1, -0.05) is 39.0 Å². The van der Waals surface area contributed by atoms with Crippen molar-refractivity contribution in [3.05, 3.63) is 65.4 Å². The number of rotatable bonds is 10. The number of alkyl carbamates (subject to hydrolysis) is 1. The molecule has 1 aromatic heterocycles. The number of likely N-dealkylation sites (tertiary alicyclic amines) is 1. The summed E-state index contributed by atoms with van der Waals surface area (Å²) in [4.78, 5) is 61.0. The smallest absolute Gasteiger partial charge is 0.408 e. The van der Waals surface area contributed by atoms with Crippen molar-refractivity contribution >= 4 is 24.0 Å². The van der Waals surface area contributed by atoms with Crippen molar-refractivity contribution in [1.82, 2.24) is 15.2 Å². The summed E-state index contributed by atoms with van der Waals surface area (Å²) in [5, 5.41) is 28.0. The first kappa shape index (κ1) is 44.2. The summed E-state index contributed by atoms with van der Waals surface area (Å²) >= 11 is 0. The number of benzene rings is 1. The van der Waals surface area contributed by atoms with E-state index < -0.39 is 107 Å². The molecule has 338 valence electrons. The van der Waals surface area contributed by atoms with Gasteiger partial charge >= 0.3 is 24.0 Å². The highest BCUT2D eigenvalue weighted by molar-refractivity contribution is 5.89. The summed E-state index contributed by atoms with van der Waals surface area (Å²) in [5.41, 5.74) is -5.21. The Hall–Kier alpha value is -4.39. The van der Waals surface area contributed by atoms with Gasteiger partial charge in [-0.05, 0) is 83.3 Å². The normalized spacial score (nSPS) is 35.8. The third-order valence-electron chi connectivity index (χ3n) is 14.2. The van der Waals surface area contributed by atoms with Crippen LogP contribution in [0, 0.1) is 16.7 Å². The first-order valence-corrected chi connectivity index (χ1v) is 21.5. The van der Waals surface area contributed by atoms with Crippen molar-refractivity contribution in [3.8, 4) is 0 Å². The Kier molecular flexibility index (Phi) is 11.4. The summed E-state index contributed by atoms with van der Waals surface area (Å²) in [7, 11) is 0. The Morgan fingerprint density at radius 2 is 1.79 bits per heavy atom. The zero-order valence-electron chi connectivity index (χ0n) is 36.6. The van der Waals surface area contributed by atoms with Crippen LogP contribution in [0.3, 0.4) is 0 Å². The number of aliphatic hydroxyl groups is 2. The number of amides is 1. The van der Waals surface area contributed by atoms with E-state index in [1.807, 2.05) is 20.8 Å². The highest BCUT2D eigenvalue weighted by Gasteiger charge is 2.77. The number of esters is 3. The molecule has 5 fully saturated rings. The number of nitrogens with zero attached hydrogens (tertiary/aromatic N) is 2. The Labute approximate surface area is 360 Å². The van der Waals surface area contributed by atoms with E-state index >= 15 is 0 Å². The van der Waals surface area contributed by atoms with Gasteiger partial charge < -0.3 is 53.1 Å². The van der Waals surface area contributed by atoms with E-state index in [0.29, 0.717) is 30.5 Å². The zero-order chi connectivity index (χ0) is 44.6. The maximum Gasteiger partial charge on any atom is 0.408 e. The molecule has 3 N–H and O–H groups in total. The van der Waals surface area contributed by atoms with Gasteiger partial charge in [-0.25, -0.2) is 19.4 Å². The highest BCUT2D eigenvalue weighted by Crippen LogP contribution is 2.66. The van der Waals surface area contributed by atoms with Crippen LogP contribution in [0.25, 0.3) is 0 Å². The van der Waals surface area contributed by atoms with Gasteiger partial charge in [0.05, 0.1) is 30.4 Å². The second-order valence-electron chi connectivity index (χ2n) is 19.5. The highest BCUT2D eigenvalue weighted by atomic mass is 16.7. The molecule has 2 aromatic rings. The van der Waals surface area contributed by atoms with Crippen LogP contribution in [-0.2, 0) is 42.7 Å². The van der Waals surface area contributed by atoms with Crippen LogP contribution < -0.4 is 5.32 Å². The van der Waals surface area contributed by atoms with Crippen LogP contribution in [0.5, 0.6) is 0 Å². The number of aromatic nitrogens is 1. The molecule has 1 aromatic carbocycles. The van der Waals surface area contributed by atoms with Crippen LogP contribution in [0.4, 0.5) is 4.79 Å². The zero-order valence-corrected chi connectivity index (χ0v) is 36.6. The number of fused-ring (bicyclic) bond motifs is 8. The molecule has 1 amide bonds. The summed E-state index contributed by atoms with van der Waals surface area (Å²) in [6.45, 7) is 16.0. The summed E-state index contributed by atoms with van der Waals surface area (Å²) < 4.78 is 50.2. The Morgan fingerprint density at radius 1 is 1.06 bits per heavy atom. The van der Waals surface area contributed by atoms with Crippen molar-refractivity contribution in [3.63, 3.8) is 0 Å². The number of nitrogens with one attached hydrogen (secondary N) is 1. The minimum Gasteiger partial charge on any atom is -0.456 e. The van der Waals surface area contributed by atoms with Crippen molar-refractivity contribution in [2.24, 2.45) is 16.7 Å². The second kappa shape index (κ2) is 16.0. The average molecular weight is 866 g/mol. The Balaban J connectivity index is 1.26. The predicted molar refractivity (Wildman–Crippen MR) is 216 cm³/mol. The fraction of sp³-hybridized carbons (Fsp3) is 0.667.